The van der Waals surface area contributed by atoms with E-state index < -0.39 is 11.1 Å². The van der Waals surface area contributed by atoms with Gasteiger partial charge in [-0.2, -0.15) is 5.26 Å². The van der Waals surface area contributed by atoms with Gasteiger partial charge in [0, 0.05) is 11.8 Å². The van der Waals surface area contributed by atoms with E-state index in [9.17, 15) is 4.21 Å². The van der Waals surface area contributed by atoms with Crippen molar-refractivity contribution in [3.63, 3.8) is 0 Å². The Labute approximate surface area is 67.4 Å². The third-order valence-corrected chi connectivity index (χ3v) is 2.56. The normalized spacial score (nSPS) is 23.3. The minimum atomic E-state index is -1.82. The minimum Gasteiger partial charge on any atom is -0.380 e. The largest absolute Gasteiger partial charge is 0.380 e. The first-order chi connectivity index (χ1) is 5.18. The van der Waals surface area contributed by atoms with Crippen LogP contribution in [0.4, 0.5) is 0 Å². The smallest absolute Gasteiger partial charge is 0.153 e. The summed E-state index contributed by atoms with van der Waals surface area (Å²) in [6.45, 7) is 0.875. The van der Waals surface area contributed by atoms with Gasteiger partial charge in [0.25, 0.3) is 0 Å². The zero-order chi connectivity index (χ0) is 8.32. The monoisotopic (exact) mass is 175 g/mol. The number of hydrogen-bond acceptors (Lipinski definition) is 3. The zero-order valence-electron chi connectivity index (χ0n) is 5.95. The molecule has 1 aliphatic rings. The van der Waals surface area contributed by atoms with Crippen molar-refractivity contribution in [2.24, 2.45) is 5.41 Å². The van der Waals surface area contributed by atoms with Gasteiger partial charge in [0.1, 0.15) is 0 Å². The average molecular weight is 175 g/mol. The van der Waals surface area contributed by atoms with Gasteiger partial charge in [-0.05, 0) is 0 Å². The SMILES string of the molecule is N#CCC1(CS(=O)O)COC1. The van der Waals surface area contributed by atoms with Crippen molar-refractivity contribution in [1.29, 1.82) is 5.26 Å². The molecular weight excluding hydrogens is 166 g/mol. The minimum absolute atomic E-state index is 0.153. The highest BCUT2D eigenvalue weighted by atomic mass is 32.2. The van der Waals surface area contributed by atoms with Gasteiger partial charge in [-0.1, -0.05) is 0 Å². The first kappa shape index (κ1) is 8.65. The van der Waals surface area contributed by atoms with Gasteiger partial charge in [-0.25, -0.2) is 4.21 Å². The molecule has 1 aliphatic heterocycles. The van der Waals surface area contributed by atoms with Gasteiger partial charge in [-0.15, -0.1) is 0 Å². The molecule has 0 spiro atoms. The van der Waals surface area contributed by atoms with Crippen LogP contribution in [0.2, 0.25) is 0 Å². The molecule has 1 fully saturated rings. The van der Waals surface area contributed by atoms with Crippen molar-refractivity contribution < 1.29 is 13.5 Å². The molecule has 0 aromatic carbocycles. The van der Waals surface area contributed by atoms with E-state index in [4.69, 9.17) is 14.6 Å². The number of nitriles is 1. The van der Waals surface area contributed by atoms with E-state index in [2.05, 4.69) is 0 Å². The zero-order valence-corrected chi connectivity index (χ0v) is 6.76. The molecule has 0 amide bonds. The highest BCUT2D eigenvalue weighted by molar-refractivity contribution is 7.79. The first-order valence-electron chi connectivity index (χ1n) is 3.21. The van der Waals surface area contributed by atoms with Gasteiger partial charge >= 0.3 is 0 Å². The summed E-state index contributed by atoms with van der Waals surface area (Å²) in [6, 6.07) is 1.99. The lowest BCUT2D eigenvalue weighted by Gasteiger charge is -2.38. The summed E-state index contributed by atoms with van der Waals surface area (Å²) in [5.41, 5.74) is -0.339. The third kappa shape index (κ3) is 1.99. The fourth-order valence-electron chi connectivity index (χ4n) is 1.06. The topological polar surface area (TPSA) is 70.3 Å². The second kappa shape index (κ2) is 3.30. The fraction of sp³-hybridized carbons (Fsp3) is 0.833. The van der Waals surface area contributed by atoms with Crippen LogP contribution in [-0.4, -0.2) is 27.7 Å². The van der Waals surface area contributed by atoms with Crippen LogP contribution in [0, 0.1) is 16.7 Å². The number of nitrogens with zero attached hydrogens (tertiary/aromatic N) is 1. The lowest BCUT2D eigenvalue weighted by Crippen LogP contribution is -2.46. The van der Waals surface area contributed by atoms with Crippen molar-refractivity contribution in [3.05, 3.63) is 0 Å². The standard InChI is InChI=1S/C6H9NO3S/c7-2-1-6(3-10-4-6)5-11(8)9/h1,3-5H2,(H,8,9). The van der Waals surface area contributed by atoms with Crippen molar-refractivity contribution in [3.8, 4) is 6.07 Å². The van der Waals surface area contributed by atoms with Crippen LogP contribution in [-0.2, 0) is 15.8 Å². The Bertz CT molecular complexity index is 206. The molecule has 4 nitrogen and oxygen atoms in total. The Morgan fingerprint density at radius 1 is 1.73 bits per heavy atom. The Morgan fingerprint density at radius 3 is 2.64 bits per heavy atom. The number of rotatable bonds is 3. The molecule has 1 unspecified atom stereocenters. The van der Waals surface area contributed by atoms with Crippen molar-refractivity contribution in [2.75, 3.05) is 19.0 Å². The molecule has 0 saturated carbocycles. The van der Waals surface area contributed by atoms with Gasteiger partial charge in [0.15, 0.2) is 11.1 Å². The van der Waals surface area contributed by atoms with E-state index in [0.29, 0.717) is 19.6 Å². The van der Waals surface area contributed by atoms with Crippen LogP contribution in [0.5, 0.6) is 0 Å². The predicted octanol–water partition coefficient (Wildman–Crippen LogP) is 0.138. The molecule has 11 heavy (non-hydrogen) atoms. The molecule has 0 bridgehead atoms. The average Bonchev–Trinajstić information content (AvgIpc) is 1.82. The fourth-order valence-corrected chi connectivity index (χ4v) is 1.85. The maximum absolute atomic E-state index is 10.4. The summed E-state index contributed by atoms with van der Waals surface area (Å²) in [5.74, 6) is 0.153. The molecule has 0 aliphatic carbocycles. The lowest BCUT2D eigenvalue weighted by atomic mass is 9.85. The Kier molecular flexibility index (Phi) is 2.60. The predicted molar refractivity (Wildman–Crippen MR) is 39.1 cm³/mol. The van der Waals surface area contributed by atoms with E-state index in [1.807, 2.05) is 6.07 Å². The molecule has 5 heteroatoms. The molecule has 62 valence electrons. The molecule has 0 radical (unpaired) electrons. The number of ether oxygens (including phenoxy) is 1. The van der Waals surface area contributed by atoms with Crippen LogP contribution in [0.3, 0.4) is 0 Å². The highest BCUT2D eigenvalue weighted by Crippen LogP contribution is 2.31. The van der Waals surface area contributed by atoms with E-state index in [-0.39, 0.29) is 11.2 Å². The van der Waals surface area contributed by atoms with Crippen molar-refractivity contribution in [2.45, 2.75) is 6.42 Å². The Hall–Kier alpha value is -0.440. The summed E-state index contributed by atoms with van der Waals surface area (Å²) in [6.07, 6.45) is 0.305. The summed E-state index contributed by atoms with van der Waals surface area (Å²) < 4.78 is 23.9. The summed E-state index contributed by atoms with van der Waals surface area (Å²) >= 11 is -1.82. The highest BCUT2D eigenvalue weighted by Gasteiger charge is 2.39. The number of hydrogen-bond donors (Lipinski definition) is 1. The van der Waals surface area contributed by atoms with Gasteiger partial charge in [0.2, 0.25) is 0 Å². The van der Waals surface area contributed by atoms with Gasteiger partial charge in [0.05, 0.1) is 25.0 Å². The maximum Gasteiger partial charge on any atom is 0.153 e. The molecule has 1 N–H and O–H groups in total. The van der Waals surface area contributed by atoms with E-state index >= 15 is 0 Å². The van der Waals surface area contributed by atoms with Crippen LogP contribution < -0.4 is 0 Å². The molecular formula is C6H9NO3S. The quantitative estimate of drug-likeness (QED) is 0.619. The van der Waals surface area contributed by atoms with Crippen LogP contribution >= 0.6 is 0 Å². The van der Waals surface area contributed by atoms with Crippen LogP contribution in [0.1, 0.15) is 6.42 Å². The Balaban J connectivity index is 2.48. The molecule has 1 atom stereocenters. The van der Waals surface area contributed by atoms with E-state index in [0.717, 1.165) is 0 Å². The first-order valence-corrected chi connectivity index (χ1v) is 4.48. The van der Waals surface area contributed by atoms with E-state index in [1.165, 1.54) is 0 Å². The van der Waals surface area contributed by atoms with Crippen LogP contribution in [0.25, 0.3) is 0 Å². The molecule has 1 saturated heterocycles. The second-order valence-electron chi connectivity index (χ2n) is 2.79. The summed E-state index contributed by atoms with van der Waals surface area (Å²) in [7, 11) is 0. The van der Waals surface area contributed by atoms with Crippen LogP contribution in [0.15, 0.2) is 0 Å². The molecule has 1 rings (SSSR count). The Morgan fingerprint density at radius 2 is 2.36 bits per heavy atom. The van der Waals surface area contributed by atoms with E-state index in [1.54, 1.807) is 0 Å². The van der Waals surface area contributed by atoms with Crippen molar-refractivity contribution in [1.82, 2.24) is 0 Å². The lowest BCUT2D eigenvalue weighted by molar-refractivity contribution is -0.0956. The molecule has 1 heterocycles. The van der Waals surface area contributed by atoms with Gasteiger partial charge in [-0.3, -0.25) is 0 Å². The molecule has 0 aromatic heterocycles. The maximum atomic E-state index is 10.4. The molecule has 0 aromatic rings. The third-order valence-electron chi connectivity index (χ3n) is 1.70. The second-order valence-corrected chi connectivity index (χ2v) is 3.73. The summed E-state index contributed by atoms with van der Waals surface area (Å²) in [4.78, 5) is 0. The van der Waals surface area contributed by atoms with Gasteiger partial charge < -0.3 is 9.29 Å². The van der Waals surface area contributed by atoms with Crippen molar-refractivity contribution >= 4 is 11.1 Å². The summed E-state index contributed by atoms with van der Waals surface area (Å²) in [5, 5.41) is 8.39.